The molecule has 2 N–H and O–H groups in total. The van der Waals surface area contributed by atoms with E-state index >= 15 is 0 Å². The molecule has 3 atom stereocenters. The summed E-state index contributed by atoms with van der Waals surface area (Å²) in [6.07, 6.45) is 19.1. The quantitative estimate of drug-likeness (QED) is 0.108. The molecule has 0 spiro atoms. The number of carbonyl (C=O) groups is 1. The first-order chi connectivity index (χ1) is 16.1. The molecule has 0 aliphatic heterocycles. The van der Waals surface area contributed by atoms with E-state index in [-0.39, 0.29) is 24.7 Å². The highest BCUT2D eigenvalue weighted by Crippen LogP contribution is 2.47. The number of carbonyl (C=O) groups excluding carboxylic acids is 1. The minimum absolute atomic E-state index is 0.0192. The molecule has 202 valence electrons. The minimum atomic E-state index is -4.06. The van der Waals surface area contributed by atoms with Gasteiger partial charge in [-0.1, -0.05) is 84.0 Å². The Morgan fingerprint density at radius 3 is 1.97 bits per heavy atom. The van der Waals surface area contributed by atoms with Gasteiger partial charge in [0.05, 0.1) is 27.2 Å². The van der Waals surface area contributed by atoms with Gasteiger partial charge in [0.15, 0.2) is 0 Å². The van der Waals surface area contributed by atoms with Crippen molar-refractivity contribution >= 4 is 13.7 Å². The van der Waals surface area contributed by atoms with Crippen molar-refractivity contribution in [3.63, 3.8) is 0 Å². The molecular formula is C26H54N2O5P+. The fourth-order valence-corrected chi connectivity index (χ4v) is 5.36. The van der Waals surface area contributed by atoms with Crippen LogP contribution in [0, 0.1) is 0 Å². The maximum Gasteiger partial charge on any atom is 0.472 e. The molecule has 0 aromatic rings. The summed E-state index contributed by atoms with van der Waals surface area (Å²) in [7, 11) is 1.93. The predicted octanol–water partition coefficient (Wildman–Crippen LogP) is 6.34. The van der Waals surface area contributed by atoms with E-state index in [2.05, 4.69) is 12.2 Å². The summed E-state index contributed by atoms with van der Waals surface area (Å²) in [5.41, 5.74) is 0. The molecule has 8 heteroatoms. The highest BCUT2D eigenvalue weighted by atomic mass is 31.2. The Labute approximate surface area is 209 Å². The van der Waals surface area contributed by atoms with Crippen molar-refractivity contribution in [1.29, 1.82) is 0 Å². The van der Waals surface area contributed by atoms with E-state index in [4.69, 9.17) is 9.05 Å². The Bertz CT molecular complexity index is 582. The van der Waals surface area contributed by atoms with Crippen LogP contribution in [-0.2, 0) is 18.4 Å². The van der Waals surface area contributed by atoms with Crippen molar-refractivity contribution in [2.45, 2.75) is 128 Å². The third-order valence-electron chi connectivity index (χ3n) is 6.56. The third kappa shape index (κ3) is 17.9. The number of rotatable bonds is 21. The molecule has 3 unspecified atom stereocenters. The predicted molar refractivity (Wildman–Crippen MR) is 140 cm³/mol. The molecule has 1 aliphatic rings. The van der Waals surface area contributed by atoms with Crippen LogP contribution in [0.25, 0.3) is 0 Å². The van der Waals surface area contributed by atoms with Crippen LogP contribution in [0.1, 0.15) is 116 Å². The second-order valence-corrected chi connectivity index (χ2v) is 12.5. The Hall–Kier alpha value is -0.460. The van der Waals surface area contributed by atoms with Gasteiger partial charge < -0.3 is 14.7 Å². The van der Waals surface area contributed by atoms with E-state index < -0.39 is 7.82 Å². The summed E-state index contributed by atoms with van der Waals surface area (Å²) in [5, 5.41) is 3.07. The zero-order valence-electron chi connectivity index (χ0n) is 22.6. The van der Waals surface area contributed by atoms with Gasteiger partial charge in [0, 0.05) is 12.5 Å². The number of nitrogens with zero attached hydrogens (tertiary/aromatic N) is 1. The number of quaternary nitrogens is 1. The zero-order chi connectivity index (χ0) is 25.3. The lowest BCUT2D eigenvalue weighted by molar-refractivity contribution is -0.870. The molecule has 7 nitrogen and oxygen atoms in total. The van der Waals surface area contributed by atoms with Crippen molar-refractivity contribution < 1.29 is 27.8 Å². The standard InChI is InChI=1S/C26H53N2O5P/c1-5-6-7-8-9-10-11-12-13-14-15-16-17-18-26(29)27-24-19-20-25(23-24)33-34(30,31)32-22-21-28(2,3)4/h24-25H,5-23H2,1-4H3,(H-,27,29,30,31)/p+1. The first kappa shape index (κ1) is 31.6. The minimum Gasteiger partial charge on any atom is -0.353 e. The molecule has 34 heavy (non-hydrogen) atoms. The van der Waals surface area contributed by atoms with Gasteiger partial charge in [0.2, 0.25) is 5.91 Å². The largest absolute Gasteiger partial charge is 0.472 e. The van der Waals surface area contributed by atoms with Crippen LogP contribution >= 0.6 is 7.82 Å². The SMILES string of the molecule is CCCCCCCCCCCCCCCC(=O)NC1CCC(OP(=O)(O)OCC[N+](C)(C)C)C1. The number of phosphoric ester groups is 1. The number of amides is 1. The summed E-state index contributed by atoms with van der Waals surface area (Å²) in [6, 6.07) is 0.0192. The van der Waals surface area contributed by atoms with Gasteiger partial charge in [-0.15, -0.1) is 0 Å². The Morgan fingerprint density at radius 1 is 0.912 bits per heavy atom. The van der Waals surface area contributed by atoms with Gasteiger partial charge in [-0.25, -0.2) is 4.57 Å². The number of unbranched alkanes of at least 4 members (excludes halogenated alkanes) is 12. The van der Waals surface area contributed by atoms with Gasteiger partial charge >= 0.3 is 7.82 Å². The van der Waals surface area contributed by atoms with Crippen LogP contribution in [0.5, 0.6) is 0 Å². The Kier molecular flexibility index (Phi) is 16.6. The van der Waals surface area contributed by atoms with Gasteiger partial charge in [-0.3, -0.25) is 13.8 Å². The molecule has 0 aromatic carbocycles. The summed E-state index contributed by atoms with van der Waals surface area (Å²) in [5.74, 6) is 0.0834. The van der Waals surface area contributed by atoms with Crippen LogP contribution in [0.4, 0.5) is 0 Å². The molecule has 0 radical (unpaired) electrons. The number of phosphoric acid groups is 1. The molecule has 1 aliphatic carbocycles. The van der Waals surface area contributed by atoms with Gasteiger partial charge in [0.1, 0.15) is 13.2 Å². The van der Waals surface area contributed by atoms with Crippen LogP contribution in [-0.4, -0.2) is 61.7 Å². The smallest absolute Gasteiger partial charge is 0.353 e. The Morgan fingerprint density at radius 2 is 1.44 bits per heavy atom. The summed E-state index contributed by atoms with van der Waals surface area (Å²) >= 11 is 0. The van der Waals surface area contributed by atoms with Gasteiger partial charge in [0.25, 0.3) is 0 Å². The molecule has 1 amide bonds. The van der Waals surface area contributed by atoms with Gasteiger partial charge in [-0.05, 0) is 25.7 Å². The molecule has 0 aromatic heterocycles. The second-order valence-electron chi connectivity index (χ2n) is 11.1. The lowest BCUT2D eigenvalue weighted by atomic mass is 10.0. The molecular weight excluding hydrogens is 451 g/mol. The Balaban J connectivity index is 2.00. The van der Waals surface area contributed by atoms with Crippen molar-refractivity contribution in [3.8, 4) is 0 Å². The van der Waals surface area contributed by atoms with E-state index in [0.717, 1.165) is 19.3 Å². The summed E-state index contributed by atoms with van der Waals surface area (Å²) in [4.78, 5) is 22.2. The summed E-state index contributed by atoms with van der Waals surface area (Å²) in [6.45, 7) is 3.05. The molecule has 1 fully saturated rings. The van der Waals surface area contributed by atoms with E-state index in [1.807, 2.05) is 21.1 Å². The van der Waals surface area contributed by atoms with E-state index in [0.29, 0.717) is 30.3 Å². The fraction of sp³-hybridized carbons (Fsp3) is 0.962. The van der Waals surface area contributed by atoms with Crippen molar-refractivity contribution in [1.82, 2.24) is 5.32 Å². The van der Waals surface area contributed by atoms with Crippen molar-refractivity contribution in [2.75, 3.05) is 34.3 Å². The maximum atomic E-state index is 12.2. The van der Waals surface area contributed by atoms with Crippen molar-refractivity contribution in [2.24, 2.45) is 0 Å². The maximum absolute atomic E-state index is 12.2. The van der Waals surface area contributed by atoms with E-state index in [1.54, 1.807) is 0 Å². The average Bonchev–Trinajstić information content (AvgIpc) is 3.16. The zero-order valence-corrected chi connectivity index (χ0v) is 23.5. The highest BCUT2D eigenvalue weighted by molar-refractivity contribution is 7.47. The third-order valence-corrected chi connectivity index (χ3v) is 7.63. The average molecular weight is 506 g/mol. The van der Waals surface area contributed by atoms with E-state index in [9.17, 15) is 14.3 Å². The first-order valence-corrected chi connectivity index (χ1v) is 15.4. The monoisotopic (exact) mass is 505 g/mol. The number of hydrogen-bond acceptors (Lipinski definition) is 4. The van der Waals surface area contributed by atoms with Crippen LogP contribution in [0.2, 0.25) is 0 Å². The van der Waals surface area contributed by atoms with E-state index in [1.165, 1.54) is 70.6 Å². The number of nitrogens with one attached hydrogen (secondary N) is 1. The summed E-state index contributed by atoms with van der Waals surface area (Å²) < 4.78 is 23.2. The first-order valence-electron chi connectivity index (χ1n) is 13.9. The lowest BCUT2D eigenvalue weighted by Crippen LogP contribution is -2.37. The topological polar surface area (TPSA) is 84.9 Å². The molecule has 1 saturated carbocycles. The normalized spacial score (nSPS) is 20.4. The van der Waals surface area contributed by atoms with Crippen molar-refractivity contribution in [3.05, 3.63) is 0 Å². The van der Waals surface area contributed by atoms with Crippen LogP contribution in [0.3, 0.4) is 0 Å². The lowest BCUT2D eigenvalue weighted by Gasteiger charge is -2.24. The number of hydrogen-bond donors (Lipinski definition) is 2. The number of likely N-dealkylation sites (N-methyl/N-ethyl adjacent to an activating group) is 1. The molecule has 0 bridgehead atoms. The highest BCUT2D eigenvalue weighted by Gasteiger charge is 2.33. The molecule has 1 rings (SSSR count). The van der Waals surface area contributed by atoms with Crippen LogP contribution in [0.15, 0.2) is 0 Å². The molecule has 0 saturated heterocycles. The molecule has 0 heterocycles. The second kappa shape index (κ2) is 17.9. The van der Waals surface area contributed by atoms with Gasteiger partial charge in [-0.2, -0.15) is 0 Å². The fourth-order valence-electron chi connectivity index (χ4n) is 4.42. The van der Waals surface area contributed by atoms with Crippen LogP contribution < -0.4 is 5.32 Å².